The second-order valence-corrected chi connectivity index (χ2v) is 8.28. The standard InChI is InChI=1S/C18H23F2N3O3S2/c1-12(25-2)16-21-13(11-28-16)10-22-5-3-6-23(8-7-22)17(24)15-14(4-9-27-15)26-18(19)20/h4,9,11-12,18H,3,5-8,10H2,1-2H3. The minimum Gasteiger partial charge on any atom is -0.433 e. The Hall–Kier alpha value is -1.62. The molecule has 1 amide bonds. The van der Waals surface area contributed by atoms with Crippen LogP contribution in [0.3, 0.4) is 0 Å². The molecule has 1 aliphatic heterocycles. The quantitative estimate of drug-likeness (QED) is 0.666. The van der Waals surface area contributed by atoms with Gasteiger partial charge in [-0.1, -0.05) is 0 Å². The smallest absolute Gasteiger partial charge is 0.387 e. The highest BCUT2D eigenvalue weighted by Gasteiger charge is 2.25. The highest BCUT2D eigenvalue weighted by Crippen LogP contribution is 2.28. The van der Waals surface area contributed by atoms with E-state index in [1.165, 1.54) is 6.07 Å². The van der Waals surface area contributed by atoms with E-state index in [4.69, 9.17) is 4.74 Å². The Morgan fingerprint density at radius 1 is 1.29 bits per heavy atom. The normalized spacial score (nSPS) is 17.0. The van der Waals surface area contributed by atoms with Crippen molar-refractivity contribution in [3.05, 3.63) is 32.4 Å². The zero-order valence-corrected chi connectivity index (χ0v) is 17.4. The lowest BCUT2D eigenvalue weighted by Crippen LogP contribution is -2.35. The molecule has 1 unspecified atom stereocenters. The number of amides is 1. The Labute approximate surface area is 170 Å². The number of thiophene rings is 1. The lowest BCUT2D eigenvalue weighted by molar-refractivity contribution is -0.0499. The summed E-state index contributed by atoms with van der Waals surface area (Å²) >= 11 is 2.71. The maximum absolute atomic E-state index is 12.8. The summed E-state index contributed by atoms with van der Waals surface area (Å²) in [5, 5.41) is 4.59. The molecule has 154 valence electrons. The van der Waals surface area contributed by atoms with Crippen molar-refractivity contribution in [2.24, 2.45) is 0 Å². The third-order valence-corrected chi connectivity index (χ3v) is 6.51. The van der Waals surface area contributed by atoms with E-state index in [1.807, 2.05) is 12.3 Å². The Kier molecular flexibility index (Phi) is 7.33. The van der Waals surface area contributed by atoms with Crippen molar-refractivity contribution in [3.63, 3.8) is 0 Å². The van der Waals surface area contributed by atoms with Crippen molar-refractivity contribution in [2.75, 3.05) is 33.3 Å². The number of hydrogen-bond donors (Lipinski definition) is 0. The van der Waals surface area contributed by atoms with Crippen molar-refractivity contribution in [1.29, 1.82) is 0 Å². The number of carbonyl (C=O) groups is 1. The number of thiazole rings is 1. The highest BCUT2D eigenvalue weighted by molar-refractivity contribution is 7.12. The van der Waals surface area contributed by atoms with E-state index in [2.05, 4.69) is 14.6 Å². The first-order chi connectivity index (χ1) is 13.5. The summed E-state index contributed by atoms with van der Waals surface area (Å²) in [6.45, 7) is 2.42. The van der Waals surface area contributed by atoms with E-state index >= 15 is 0 Å². The molecule has 0 saturated carbocycles. The molecule has 6 nitrogen and oxygen atoms in total. The fraction of sp³-hybridized carbons (Fsp3) is 0.556. The van der Waals surface area contributed by atoms with Crippen LogP contribution in [-0.4, -0.2) is 60.6 Å². The fourth-order valence-corrected chi connectivity index (χ4v) is 4.66. The molecule has 0 bridgehead atoms. The second kappa shape index (κ2) is 9.73. The summed E-state index contributed by atoms with van der Waals surface area (Å²) in [4.78, 5) is 21.6. The van der Waals surface area contributed by atoms with Crippen molar-refractivity contribution in [2.45, 2.75) is 32.6 Å². The number of ether oxygens (including phenoxy) is 2. The molecule has 0 N–H and O–H groups in total. The van der Waals surface area contributed by atoms with Crippen LogP contribution in [0.15, 0.2) is 16.8 Å². The number of halogens is 2. The van der Waals surface area contributed by atoms with Crippen LogP contribution in [0.4, 0.5) is 8.78 Å². The lowest BCUT2D eigenvalue weighted by atomic mass is 10.3. The number of hydrogen-bond acceptors (Lipinski definition) is 7. The molecule has 1 fully saturated rings. The minimum atomic E-state index is -2.94. The van der Waals surface area contributed by atoms with Gasteiger partial charge in [-0.15, -0.1) is 22.7 Å². The summed E-state index contributed by atoms with van der Waals surface area (Å²) < 4.78 is 34.8. The average molecular weight is 432 g/mol. The van der Waals surface area contributed by atoms with Gasteiger partial charge in [0.1, 0.15) is 21.7 Å². The molecule has 1 atom stereocenters. The molecule has 1 saturated heterocycles. The first-order valence-electron chi connectivity index (χ1n) is 8.99. The van der Waals surface area contributed by atoms with E-state index in [0.717, 1.165) is 35.0 Å². The van der Waals surface area contributed by atoms with Crippen LogP contribution < -0.4 is 4.74 Å². The molecule has 0 radical (unpaired) electrons. The largest absolute Gasteiger partial charge is 0.433 e. The highest BCUT2D eigenvalue weighted by atomic mass is 32.1. The van der Waals surface area contributed by atoms with Crippen LogP contribution in [0.5, 0.6) is 5.75 Å². The van der Waals surface area contributed by atoms with Gasteiger partial charge < -0.3 is 14.4 Å². The Morgan fingerprint density at radius 2 is 2.11 bits per heavy atom. The van der Waals surface area contributed by atoms with Gasteiger partial charge in [0.05, 0.1) is 5.69 Å². The Bertz CT molecular complexity index is 784. The third-order valence-electron chi connectivity index (χ3n) is 4.57. The number of carbonyl (C=O) groups excluding carboxylic acids is 1. The molecule has 0 aromatic carbocycles. The van der Waals surface area contributed by atoms with Gasteiger partial charge in [0, 0.05) is 45.2 Å². The van der Waals surface area contributed by atoms with Crippen molar-refractivity contribution in [3.8, 4) is 5.75 Å². The van der Waals surface area contributed by atoms with Gasteiger partial charge in [0.15, 0.2) is 0 Å². The van der Waals surface area contributed by atoms with Gasteiger partial charge in [-0.3, -0.25) is 9.69 Å². The predicted molar refractivity (Wildman–Crippen MR) is 104 cm³/mol. The molecule has 1 aliphatic rings. The number of alkyl halides is 2. The van der Waals surface area contributed by atoms with Crippen LogP contribution in [-0.2, 0) is 11.3 Å². The second-order valence-electron chi connectivity index (χ2n) is 6.47. The van der Waals surface area contributed by atoms with E-state index < -0.39 is 6.61 Å². The fourth-order valence-electron chi connectivity index (χ4n) is 3.03. The molecular weight excluding hydrogens is 408 g/mol. The van der Waals surface area contributed by atoms with Crippen LogP contribution in [0.1, 0.15) is 39.8 Å². The molecule has 28 heavy (non-hydrogen) atoms. The Morgan fingerprint density at radius 3 is 2.86 bits per heavy atom. The minimum absolute atomic E-state index is 0.0218. The van der Waals surface area contributed by atoms with Crippen LogP contribution in [0.25, 0.3) is 0 Å². The van der Waals surface area contributed by atoms with Gasteiger partial charge in [-0.05, 0) is 24.8 Å². The SMILES string of the molecule is COC(C)c1nc(CN2CCCN(C(=O)c3sccc3OC(F)F)CC2)cs1. The number of aromatic nitrogens is 1. The van der Waals surface area contributed by atoms with Crippen molar-refractivity contribution >= 4 is 28.6 Å². The monoisotopic (exact) mass is 431 g/mol. The maximum atomic E-state index is 12.8. The van der Waals surface area contributed by atoms with E-state index in [0.29, 0.717) is 26.2 Å². The Balaban J connectivity index is 1.58. The van der Waals surface area contributed by atoms with Crippen LogP contribution >= 0.6 is 22.7 Å². The lowest BCUT2D eigenvalue weighted by Gasteiger charge is -2.21. The topological polar surface area (TPSA) is 54.9 Å². The summed E-state index contributed by atoms with van der Waals surface area (Å²) in [7, 11) is 1.66. The molecule has 2 aromatic heterocycles. The number of rotatable bonds is 7. The summed E-state index contributed by atoms with van der Waals surface area (Å²) in [6.07, 6.45) is 0.791. The maximum Gasteiger partial charge on any atom is 0.387 e. The molecule has 3 rings (SSSR count). The van der Waals surface area contributed by atoms with Gasteiger partial charge in [-0.25, -0.2) is 4.98 Å². The molecule has 0 aliphatic carbocycles. The number of nitrogens with zero attached hydrogens (tertiary/aromatic N) is 3. The molecule has 10 heteroatoms. The predicted octanol–water partition coefficient (Wildman–Crippen LogP) is 3.86. The van der Waals surface area contributed by atoms with Gasteiger partial charge >= 0.3 is 6.61 Å². The molecule has 3 heterocycles. The first kappa shape index (κ1) is 21.1. The van der Waals surface area contributed by atoms with Gasteiger partial charge in [-0.2, -0.15) is 8.78 Å². The molecule has 0 spiro atoms. The first-order valence-corrected chi connectivity index (χ1v) is 10.7. The van der Waals surface area contributed by atoms with Crippen LogP contribution in [0, 0.1) is 0 Å². The zero-order chi connectivity index (χ0) is 20.1. The molecule has 2 aromatic rings. The third kappa shape index (κ3) is 5.25. The van der Waals surface area contributed by atoms with Crippen LogP contribution in [0.2, 0.25) is 0 Å². The van der Waals surface area contributed by atoms with Crippen molar-refractivity contribution in [1.82, 2.24) is 14.8 Å². The van der Waals surface area contributed by atoms with Gasteiger partial charge in [0.25, 0.3) is 5.91 Å². The number of methoxy groups -OCH3 is 1. The van der Waals surface area contributed by atoms with Gasteiger partial charge in [0.2, 0.25) is 0 Å². The summed E-state index contributed by atoms with van der Waals surface area (Å²) in [5.41, 5.74) is 0.995. The van der Waals surface area contributed by atoms with E-state index in [1.54, 1.807) is 28.7 Å². The van der Waals surface area contributed by atoms with Crippen molar-refractivity contribution < 1.29 is 23.0 Å². The van der Waals surface area contributed by atoms with E-state index in [9.17, 15) is 13.6 Å². The summed E-state index contributed by atoms with van der Waals surface area (Å²) in [5.74, 6) is -0.300. The average Bonchev–Trinajstić information content (AvgIpc) is 3.25. The molecular formula is C18H23F2N3O3S2. The van der Waals surface area contributed by atoms with E-state index in [-0.39, 0.29) is 22.6 Å². The zero-order valence-electron chi connectivity index (χ0n) is 15.8. The summed E-state index contributed by atoms with van der Waals surface area (Å²) in [6, 6.07) is 1.41.